The molecule has 0 aliphatic carbocycles. The van der Waals surface area contributed by atoms with Crippen LogP contribution >= 0.6 is 30.9 Å². The Bertz CT molecular complexity index is 257. The molecule has 1 atom stereocenters. The molecule has 0 bridgehead atoms. The maximum Gasteiger partial charge on any atom is 0.443 e. The lowest BCUT2D eigenvalue weighted by Gasteiger charge is -1.89. The van der Waals surface area contributed by atoms with Gasteiger partial charge in [0.1, 0.15) is 0 Å². The number of hydrogen-bond donors (Lipinski definition) is 0. The summed E-state index contributed by atoms with van der Waals surface area (Å²) in [6.45, 7) is 4.37. The monoisotopic (exact) mass is 327 g/mol. The first-order valence-corrected chi connectivity index (χ1v) is 6.28. The van der Waals surface area contributed by atoms with E-state index in [1.54, 1.807) is 5.98 Å². The minimum Gasteiger partial charge on any atom is -0.313 e. The van der Waals surface area contributed by atoms with Crippen LogP contribution < -0.4 is 0 Å². The topological polar surface area (TPSA) is 54.6 Å². The summed E-state index contributed by atoms with van der Waals surface area (Å²) in [4.78, 5) is 0. The average molecular weight is 327 g/mol. The van der Waals surface area contributed by atoms with Crippen molar-refractivity contribution in [2.45, 2.75) is 26.7 Å². The zero-order valence-electron chi connectivity index (χ0n) is 8.23. The summed E-state index contributed by atoms with van der Waals surface area (Å²) in [7, 11) is -0.974. The second kappa shape index (κ2) is 9.53. The molecule has 6 heteroatoms. The first-order valence-electron chi connectivity index (χ1n) is 4.12. The van der Waals surface area contributed by atoms with E-state index in [0.29, 0.717) is 13.0 Å². The lowest BCUT2D eigenvalue weighted by molar-refractivity contribution is 0.320. The number of unbranched alkanes of at least 4 members (excludes halogenated alkanes) is 1. The molecule has 0 spiro atoms. The van der Waals surface area contributed by atoms with E-state index in [0.717, 1.165) is 12.1 Å². The highest BCUT2D eigenvalue weighted by molar-refractivity contribution is 14.1. The highest BCUT2D eigenvalue weighted by atomic mass is 127. The zero-order valence-corrected chi connectivity index (χ0v) is 11.3. The Kier molecular flexibility index (Phi) is 9.52. The fraction of sp³-hybridized carbons (Fsp3) is 0.625. The van der Waals surface area contributed by atoms with Crippen LogP contribution in [-0.2, 0) is 7.59 Å². The van der Waals surface area contributed by atoms with Crippen molar-refractivity contribution in [2.24, 2.45) is 4.76 Å². The van der Waals surface area contributed by atoms with Gasteiger partial charge in [-0.05, 0) is 25.0 Å². The number of nitrogens with zero attached hydrogens (tertiary/aromatic N) is 2. The molecular weight excluding hydrogens is 314 g/mol. The van der Waals surface area contributed by atoms with Gasteiger partial charge in [0.2, 0.25) is 0 Å². The molecule has 0 aromatic rings. The summed E-state index contributed by atoms with van der Waals surface area (Å²) >= 11 is 1.81. The Morgan fingerprint density at radius 2 is 2.36 bits per heavy atom. The normalized spacial score (nSPS) is 10.9. The van der Waals surface area contributed by atoms with Gasteiger partial charge >= 0.3 is 7.92 Å². The first-order chi connectivity index (χ1) is 6.70. The van der Waals surface area contributed by atoms with Crippen LogP contribution in [0.3, 0.4) is 0 Å². The van der Waals surface area contributed by atoms with Crippen molar-refractivity contribution in [3.8, 4) is 6.07 Å². The van der Waals surface area contributed by atoms with Gasteiger partial charge in [-0.1, -0.05) is 2.85 Å². The van der Waals surface area contributed by atoms with Crippen molar-refractivity contribution >= 4 is 42.6 Å². The van der Waals surface area contributed by atoms with Gasteiger partial charge < -0.3 is 4.74 Å². The Labute approximate surface area is 99.5 Å². The van der Waals surface area contributed by atoms with Crippen molar-refractivity contribution in [3.63, 3.8) is 0 Å². The Morgan fingerprint density at radius 1 is 1.64 bits per heavy atom. The van der Waals surface area contributed by atoms with Crippen LogP contribution in [0.5, 0.6) is 0 Å². The molecule has 0 heterocycles. The van der Waals surface area contributed by atoms with Crippen LogP contribution in [0.25, 0.3) is 0 Å². The molecule has 0 saturated heterocycles. The summed E-state index contributed by atoms with van der Waals surface area (Å²) in [5, 5.41) is 8.28. The third kappa shape index (κ3) is 8.57. The quantitative estimate of drug-likeness (QED) is 0.326. The highest BCUT2D eigenvalue weighted by Crippen LogP contribution is 2.29. The van der Waals surface area contributed by atoms with Crippen molar-refractivity contribution in [2.75, 3.05) is 6.61 Å². The van der Waals surface area contributed by atoms with Gasteiger partial charge in [0.05, 0.1) is 18.4 Å². The van der Waals surface area contributed by atoms with E-state index in [2.05, 4.69) is 10.8 Å². The van der Waals surface area contributed by atoms with Crippen LogP contribution in [0, 0.1) is 11.3 Å². The molecule has 0 aromatic carbocycles. The summed E-state index contributed by atoms with van der Waals surface area (Å²) in [5.74, 6) is 1.60. The van der Waals surface area contributed by atoms with E-state index in [1.807, 2.05) is 36.9 Å². The van der Waals surface area contributed by atoms with Crippen LogP contribution in [0.15, 0.2) is 4.76 Å². The highest BCUT2D eigenvalue weighted by Gasteiger charge is 2.08. The molecule has 1 unspecified atom stereocenters. The minimum absolute atomic E-state index is 0.521. The number of halogens is 1. The second-order valence-corrected chi connectivity index (χ2v) is 4.99. The molecule has 0 radical (unpaired) electrons. The molecule has 0 amide bonds. The average Bonchev–Trinajstić information content (AvgIpc) is 2.15. The molecule has 0 aromatic heterocycles. The number of hydrogen-bond acceptors (Lipinski definition) is 4. The van der Waals surface area contributed by atoms with Crippen LogP contribution in [-0.4, -0.2) is 18.3 Å². The third-order valence-corrected chi connectivity index (χ3v) is 3.36. The molecule has 0 aliphatic rings. The van der Waals surface area contributed by atoms with Crippen molar-refractivity contribution in [1.82, 2.24) is 0 Å². The lowest BCUT2D eigenvalue weighted by atomic mass is 10.4. The number of rotatable bonds is 6. The van der Waals surface area contributed by atoms with Gasteiger partial charge in [-0.25, -0.2) is 0 Å². The van der Waals surface area contributed by atoms with Crippen molar-refractivity contribution in [1.29, 1.82) is 5.26 Å². The fourth-order valence-electron chi connectivity index (χ4n) is 0.603. The largest absolute Gasteiger partial charge is 0.443 e. The summed E-state index contributed by atoms with van der Waals surface area (Å²) in [6.07, 6.45) is 1.26. The standard InChI is InChI=1S/C8H13IN2O2P/c1-8(2)11-14(13-9)7-12-6-4-3-5-10/h7H,3-4,6H2,1-2H3/q+1. The maximum absolute atomic E-state index is 8.28. The Morgan fingerprint density at radius 3 is 2.86 bits per heavy atom. The number of nitriles is 1. The van der Waals surface area contributed by atoms with Gasteiger partial charge in [0.15, 0.2) is 23.0 Å². The fourth-order valence-corrected chi connectivity index (χ4v) is 1.88. The lowest BCUT2D eigenvalue weighted by Crippen LogP contribution is -1.90. The van der Waals surface area contributed by atoms with Crippen molar-refractivity contribution in [3.05, 3.63) is 0 Å². The Balaban J connectivity index is 3.83. The van der Waals surface area contributed by atoms with E-state index in [4.69, 9.17) is 12.9 Å². The molecule has 0 N–H and O–H groups in total. The molecule has 4 nitrogen and oxygen atoms in total. The van der Waals surface area contributed by atoms with E-state index in [-0.39, 0.29) is 0 Å². The molecule has 0 rings (SSSR count). The van der Waals surface area contributed by atoms with Crippen LogP contribution in [0.2, 0.25) is 0 Å². The van der Waals surface area contributed by atoms with Crippen molar-refractivity contribution < 1.29 is 7.59 Å². The molecule has 0 fully saturated rings. The zero-order chi connectivity index (χ0) is 10.8. The van der Waals surface area contributed by atoms with Gasteiger partial charge in [0, 0.05) is 6.42 Å². The predicted octanol–water partition coefficient (Wildman–Crippen LogP) is 3.23. The maximum atomic E-state index is 8.28. The molecule has 0 saturated carbocycles. The minimum atomic E-state index is -0.974. The van der Waals surface area contributed by atoms with E-state index < -0.39 is 7.92 Å². The van der Waals surface area contributed by atoms with E-state index in [9.17, 15) is 0 Å². The SMILES string of the molecule is CC(C)=N[P+](=COCCCC#N)OI. The third-order valence-electron chi connectivity index (χ3n) is 1.08. The second-order valence-electron chi connectivity index (χ2n) is 2.66. The van der Waals surface area contributed by atoms with Crippen LogP contribution in [0.1, 0.15) is 26.7 Å². The van der Waals surface area contributed by atoms with Gasteiger partial charge in [-0.2, -0.15) is 5.26 Å². The molecule has 0 aliphatic heterocycles. The molecule has 14 heavy (non-hydrogen) atoms. The number of ether oxygens (including phenoxy) is 1. The van der Waals surface area contributed by atoms with Gasteiger partial charge in [0.25, 0.3) is 5.98 Å². The van der Waals surface area contributed by atoms with E-state index >= 15 is 0 Å². The Hall–Kier alpha value is -0.0200. The van der Waals surface area contributed by atoms with Gasteiger partial charge in [-0.3, -0.25) is 0 Å². The molecule has 78 valence electrons. The summed E-state index contributed by atoms with van der Waals surface area (Å²) in [5.41, 5.74) is 0.963. The van der Waals surface area contributed by atoms with Crippen LogP contribution in [0.4, 0.5) is 0 Å². The molecular formula is C8H13IN2O2P+. The van der Waals surface area contributed by atoms with E-state index in [1.165, 1.54) is 0 Å². The summed E-state index contributed by atoms with van der Waals surface area (Å²) in [6, 6.07) is 2.05. The smallest absolute Gasteiger partial charge is 0.313 e. The predicted molar refractivity (Wildman–Crippen MR) is 67.7 cm³/mol. The first kappa shape index (κ1) is 14.0. The van der Waals surface area contributed by atoms with Gasteiger partial charge in [-0.15, -0.1) is 0 Å². The summed E-state index contributed by atoms with van der Waals surface area (Å²) < 4.78 is 14.5.